The van der Waals surface area contributed by atoms with Crippen molar-refractivity contribution in [2.75, 3.05) is 19.8 Å². The van der Waals surface area contributed by atoms with E-state index in [0.717, 1.165) is 16.1 Å². The topological polar surface area (TPSA) is 104 Å². The van der Waals surface area contributed by atoms with E-state index in [4.69, 9.17) is 4.42 Å². The highest BCUT2D eigenvalue weighted by atomic mass is 32.2. The molecule has 1 aromatic heterocycles. The summed E-state index contributed by atoms with van der Waals surface area (Å²) in [6, 6.07) is 4.29. The van der Waals surface area contributed by atoms with Gasteiger partial charge < -0.3 is 14.3 Å². The molecule has 0 aliphatic heterocycles. The minimum atomic E-state index is -3.54. The van der Waals surface area contributed by atoms with E-state index >= 15 is 0 Å². The van der Waals surface area contributed by atoms with Crippen LogP contribution in [0.2, 0.25) is 0 Å². The fourth-order valence-corrected chi connectivity index (χ4v) is 2.91. The Morgan fingerprint density at radius 3 is 2.75 bits per heavy atom. The molecule has 2 rings (SSSR count). The first-order chi connectivity index (χ1) is 9.30. The Labute approximate surface area is 119 Å². The Bertz CT molecular complexity index is 751. The van der Waals surface area contributed by atoms with Crippen molar-refractivity contribution in [2.45, 2.75) is 10.1 Å². The summed E-state index contributed by atoms with van der Waals surface area (Å²) >= 11 is 0.874. The van der Waals surface area contributed by atoms with E-state index in [1.807, 2.05) is 0 Å². The Morgan fingerprint density at radius 1 is 1.45 bits per heavy atom. The summed E-state index contributed by atoms with van der Waals surface area (Å²) in [5.41, 5.74) is 0.748. The molecule has 0 saturated carbocycles. The second-order valence-corrected chi connectivity index (χ2v) is 7.14. The lowest BCUT2D eigenvalue weighted by Crippen LogP contribution is -2.24. The zero-order valence-corrected chi connectivity index (χ0v) is 12.3. The fraction of sp³-hybridized carbons (Fsp3) is 0.273. The van der Waals surface area contributed by atoms with E-state index in [9.17, 15) is 18.3 Å². The first-order valence-corrected chi connectivity index (χ1v) is 7.89. The van der Waals surface area contributed by atoms with Crippen molar-refractivity contribution in [3.63, 3.8) is 0 Å². The summed E-state index contributed by atoms with van der Waals surface area (Å²) in [6.45, 7) is 0. The van der Waals surface area contributed by atoms with Crippen molar-refractivity contribution in [2.24, 2.45) is 0 Å². The molecule has 0 spiro atoms. The second-order valence-electron chi connectivity index (χ2n) is 4.06. The SMILES string of the molecule is CN(C)S(=O)(=O)c1ccc2oc(SCC(=O)[O-])nc2c1. The van der Waals surface area contributed by atoms with Crippen LogP contribution in [0, 0.1) is 0 Å². The molecule has 1 aromatic carbocycles. The molecule has 0 saturated heterocycles. The van der Waals surface area contributed by atoms with Gasteiger partial charge >= 0.3 is 0 Å². The van der Waals surface area contributed by atoms with Crippen molar-refractivity contribution < 1.29 is 22.7 Å². The molecular weight excluding hydrogens is 304 g/mol. The molecule has 0 amide bonds. The van der Waals surface area contributed by atoms with E-state index in [2.05, 4.69) is 4.98 Å². The lowest BCUT2D eigenvalue weighted by molar-refractivity contribution is -0.301. The number of carbonyl (C=O) groups is 1. The van der Waals surface area contributed by atoms with Crippen molar-refractivity contribution >= 4 is 38.9 Å². The number of aromatic nitrogens is 1. The molecule has 0 N–H and O–H groups in total. The van der Waals surface area contributed by atoms with Crippen LogP contribution in [0.3, 0.4) is 0 Å². The summed E-state index contributed by atoms with van der Waals surface area (Å²) < 4.78 is 30.3. The lowest BCUT2D eigenvalue weighted by Gasteiger charge is -2.10. The van der Waals surface area contributed by atoms with Gasteiger partial charge in [-0.2, -0.15) is 0 Å². The number of carboxylic acids is 1. The van der Waals surface area contributed by atoms with Crippen LogP contribution in [0.4, 0.5) is 0 Å². The molecule has 1 heterocycles. The average molecular weight is 315 g/mol. The summed E-state index contributed by atoms with van der Waals surface area (Å²) in [5, 5.41) is 10.5. The number of carbonyl (C=O) groups excluding carboxylic acids is 1. The summed E-state index contributed by atoms with van der Waals surface area (Å²) in [4.78, 5) is 14.5. The maximum atomic E-state index is 12.0. The molecule has 0 bridgehead atoms. The van der Waals surface area contributed by atoms with Crippen LogP contribution in [-0.4, -0.2) is 43.5 Å². The Hall–Kier alpha value is -1.58. The third-order valence-electron chi connectivity index (χ3n) is 2.43. The minimum absolute atomic E-state index is 0.0970. The molecule has 0 unspecified atom stereocenters. The molecule has 108 valence electrons. The average Bonchev–Trinajstić information content (AvgIpc) is 2.77. The first kappa shape index (κ1) is 14.8. The predicted octanol–water partition coefficient (Wildman–Crippen LogP) is -0.0799. The molecule has 7 nitrogen and oxygen atoms in total. The second kappa shape index (κ2) is 5.43. The monoisotopic (exact) mass is 315 g/mol. The van der Waals surface area contributed by atoms with Gasteiger partial charge in [-0.25, -0.2) is 17.7 Å². The van der Waals surface area contributed by atoms with Gasteiger partial charge in [-0.05, 0) is 18.2 Å². The zero-order chi connectivity index (χ0) is 14.9. The molecule has 20 heavy (non-hydrogen) atoms. The molecule has 0 aliphatic carbocycles. The molecule has 9 heteroatoms. The van der Waals surface area contributed by atoms with Crippen molar-refractivity contribution in [1.29, 1.82) is 0 Å². The lowest BCUT2D eigenvalue weighted by atomic mass is 10.3. The largest absolute Gasteiger partial charge is 0.549 e. The summed E-state index contributed by atoms with van der Waals surface area (Å²) in [5.74, 6) is -1.51. The third-order valence-corrected chi connectivity index (χ3v) is 5.04. The van der Waals surface area contributed by atoms with Gasteiger partial charge in [-0.1, -0.05) is 11.8 Å². The molecule has 0 fully saturated rings. The number of fused-ring (bicyclic) bond motifs is 1. The fourth-order valence-electron chi connectivity index (χ4n) is 1.44. The van der Waals surface area contributed by atoms with Gasteiger partial charge in [0.1, 0.15) is 5.52 Å². The smallest absolute Gasteiger partial charge is 0.257 e. The van der Waals surface area contributed by atoms with Crippen LogP contribution in [0.15, 0.2) is 32.7 Å². The Morgan fingerprint density at radius 2 is 2.15 bits per heavy atom. The van der Waals surface area contributed by atoms with Gasteiger partial charge in [0.15, 0.2) is 5.58 Å². The van der Waals surface area contributed by atoms with Gasteiger partial charge in [-0.15, -0.1) is 0 Å². The molecule has 0 aliphatic rings. The van der Waals surface area contributed by atoms with E-state index in [0.29, 0.717) is 11.1 Å². The standard InChI is InChI=1S/C11H12N2O5S2/c1-13(2)20(16,17)7-3-4-9-8(5-7)12-11(18-9)19-6-10(14)15/h3-5H,6H2,1-2H3,(H,14,15)/p-1. The van der Waals surface area contributed by atoms with E-state index in [1.54, 1.807) is 0 Å². The Balaban J connectivity index is 2.38. The van der Waals surface area contributed by atoms with Crippen LogP contribution in [0.1, 0.15) is 0 Å². The number of aliphatic carboxylic acids is 1. The van der Waals surface area contributed by atoms with E-state index in [-0.39, 0.29) is 15.9 Å². The number of sulfonamides is 1. The number of oxazole rings is 1. The van der Waals surface area contributed by atoms with Crippen LogP contribution in [-0.2, 0) is 14.8 Å². The van der Waals surface area contributed by atoms with Gasteiger partial charge in [0.2, 0.25) is 10.0 Å². The van der Waals surface area contributed by atoms with Crippen molar-refractivity contribution in [1.82, 2.24) is 9.29 Å². The number of benzene rings is 1. The van der Waals surface area contributed by atoms with Gasteiger partial charge in [0.05, 0.1) is 10.9 Å². The van der Waals surface area contributed by atoms with Crippen molar-refractivity contribution in [3.8, 4) is 0 Å². The van der Waals surface area contributed by atoms with E-state index < -0.39 is 16.0 Å². The highest BCUT2D eigenvalue weighted by molar-refractivity contribution is 7.99. The molecular formula is C11H11N2O5S2-. The van der Waals surface area contributed by atoms with Crippen LogP contribution in [0.5, 0.6) is 0 Å². The number of thioether (sulfide) groups is 1. The molecule has 0 radical (unpaired) electrons. The van der Waals surface area contributed by atoms with Crippen LogP contribution in [0.25, 0.3) is 11.1 Å². The van der Waals surface area contributed by atoms with Crippen LogP contribution < -0.4 is 5.11 Å². The van der Waals surface area contributed by atoms with Gasteiger partial charge in [0, 0.05) is 19.8 Å². The van der Waals surface area contributed by atoms with E-state index in [1.165, 1.54) is 32.3 Å². The first-order valence-electron chi connectivity index (χ1n) is 5.46. The number of carboxylic acid groups (broad SMARTS) is 1. The Kier molecular flexibility index (Phi) is 4.02. The number of nitrogens with zero attached hydrogens (tertiary/aromatic N) is 2. The van der Waals surface area contributed by atoms with Crippen LogP contribution >= 0.6 is 11.8 Å². The summed E-state index contributed by atoms with van der Waals surface area (Å²) in [6.07, 6.45) is 0. The van der Waals surface area contributed by atoms with Gasteiger partial charge in [0.25, 0.3) is 5.22 Å². The van der Waals surface area contributed by atoms with Crippen molar-refractivity contribution in [3.05, 3.63) is 18.2 Å². The summed E-state index contributed by atoms with van der Waals surface area (Å²) in [7, 11) is -0.676. The number of hydrogen-bond acceptors (Lipinski definition) is 7. The number of rotatable bonds is 5. The quantitative estimate of drug-likeness (QED) is 0.711. The minimum Gasteiger partial charge on any atom is -0.549 e. The normalized spacial score (nSPS) is 12.2. The number of hydrogen-bond donors (Lipinski definition) is 0. The third kappa shape index (κ3) is 2.94. The maximum absolute atomic E-state index is 12.0. The van der Waals surface area contributed by atoms with Gasteiger partial charge in [-0.3, -0.25) is 0 Å². The zero-order valence-electron chi connectivity index (χ0n) is 10.7. The highest BCUT2D eigenvalue weighted by Gasteiger charge is 2.18. The predicted molar refractivity (Wildman–Crippen MR) is 70.6 cm³/mol. The molecule has 2 aromatic rings. The maximum Gasteiger partial charge on any atom is 0.257 e. The molecule has 0 atom stereocenters. The highest BCUT2D eigenvalue weighted by Crippen LogP contribution is 2.25.